The maximum atomic E-state index is 14.3. The summed E-state index contributed by atoms with van der Waals surface area (Å²) in [7, 11) is 3.38. The lowest BCUT2D eigenvalue weighted by Gasteiger charge is -2.14. The predicted molar refractivity (Wildman–Crippen MR) is 133 cm³/mol. The van der Waals surface area contributed by atoms with E-state index in [9.17, 15) is 14.0 Å². The number of carbonyl (C=O) groups is 2. The van der Waals surface area contributed by atoms with Gasteiger partial charge in [0.15, 0.2) is 5.69 Å². The van der Waals surface area contributed by atoms with E-state index >= 15 is 0 Å². The molecule has 1 aromatic carbocycles. The number of likely N-dealkylation sites (N-methyl/N-ethyl adjacent to an activating group) is 1. The van der Waals surface area contributed by atoms with Crippen LogP contribution in [0.15, 0.2) is 42.9 Å². The number of hydrogen-bond donors (Lipinski definition) is 2. The van der Waals surface area contributed by atoms with Crippen molar-refractivity contribution in [1.29, 1.82) is 0 Å². The fourth-order valence-electron chi connectivity index (χ4n) is 4.90. The maximum absolute atomic E-state index is 14.3. The minimum atomic E-state index is -0.413. The third-order valence-electron chi connectivity index (χ3n) is 6.65. The van der Waals surface area contributed by atoms with Crippen molar-refractivity contribution in [2.75, 3.05) is 7.05 Å². The van der Waals surface area contributed by atoms with Crippen molar-refractivity contribution in [2.45, 2.75) is 44.7 Å². The summed E-state index contributed by atoms with van der Waals surface area (Å²) in [6, 6.07) is 6.41. The lowest BCUT2D eigenvalue weighted by Crippen LogP contribution is -2.27. The molecule has 36 heavy (non-hydrogen) atoms. The number of carbonyl (C=O) groups excluding carboxylic acids is 2. The standard InChI is InChI=1S/C26H28FN7O2/c1-28-22(35)15-34-24-21(32-25(34)17-5-3-4-6-17)7-8-29-23(24)26(36)30-12-16-9-18(11-20(27)10-16)19-13-31-33(2)14-19/h7-11,13-14,17H,3-6,12,15H2,1-2H3,(H,28,35)(H,30,36). The molecule has 0 atom stereocenters. The summed E-state index contributed by atoms with van der Waals surface area (Å²) in [5.41, 5.74) is 3.43. The minimum absolute atomic E-state index is 0.0587. The highest BCUT2D eigenvalue weighted by Crippen LogP contribution is 2.35. The number of imidazole rings is 1. The lowest BCUT2D eigenvalue weighted by molar-refractivity contribution is -0.121. The van der Waals surface area contributed by atoms with Crippen molar-refractivity contribution in [3.05, 3.63) is 65.8 Å². The number of hydrogen-bond acceptors (Lipinski definition) is 5. The molecular weight excluding hydrogens is 461 g/mol. The molecule has 1 fully saturated rings. The van der Waals surface area contributed by atoms with Crippen LogP contribution in [0.1, 0.15) is 53.5 Å². The SMILES string of the molecule is CNC(=O)Cn1c(C2CCCC2)nc2ccnc(C(=O)NCc3cc(F)cc(-c4cnn(C)c4)c3)c21. The van der Waals surface area contributed by atoms with Crippen molar-refractivity contribution in [1.82, 2.24) is 34.9 Å². The second kappa shape index (κ2) is 9.88. The van der Waals surface area contributed by atoms with Gasteiger partial charge in [-0.2, -0.15) is 5.10 Å². The number of fused-ring (bicyclic) bond motifs is 1. The smallest absolute Gasteiger partial charge is 0.272 e. The summed E-state index contributed by atoms with van der Waals surface area (Å²) in [5, 5.41) is 9.66. The molecule has 3 aromatic heterocycles. The van der Waals surface area contributed by atoms with E-state index in [1.54, 1.807) is 43.4 Å². The minimum Gasteiger partial charge on any atom is -0.358 e. The molecule has 0 saturated heterocycles. The van der Waals surface area contributed by atoms with E-state index in [-0.39, 0.29) is 30.6 Å². The second-order valence-corrected chi connectivity index (χ2v) is 9.17. The van der Waals surface area contributed by atoms with Crippen LogP contribution in [-0.2, 0) is 24.9 Å². The Hall–Kier alpha value is -4.08. The summed E-state index contributed by atoms with van der Waals surface area (Å²) in [6.07, 6.45) is 9.27. The Labute approximate surface area is 207 Å². The molecule has 1 saturated carbocycles. The summed E-state index contributed by atoms with van der Waals surface area (Å²) >= 11 is 0. The van der Waals surface area contributed by atoms with Crippen LogP contribution < -0.4 is 10.6 Å². The van der Waals surface area contributed by atoms with E-state index in [0.29, 0.717) is 22.2 Å². The van der Waals surface area contributed by atoms with E-state index in [2.05, 4.69) is 20.7 Å². The number of benzene rings is 1. The summed E-state index contributed by atoms with van der Waals surface area (Å²) in [5.74, 6) is 0.0801. The Morgan fingerprint density at radius 2 is 1.97 bits per heavy atom. The Morgan fingerprint density at radius 1 is 1.17 bits per heavy atom. The molecule has 0 spiro atoms. The number of pyridine rings is 1. The zero-order chi connectivity index (χ0) is 25.2. The molecule has 4 aromatic rings. The molecular formula is C26H28FN7O2. The van der Waals surface area contributed by atoms with Crippen LogP contribution in [0.4, 0.5) is 4.39 Å². The second-order valence-electron chi connectivity index (χ2n) is 9.17. The molecule has 0 aliphatic heterocycles. The first kappa shape index (κ1) is 23.7. The first-order chi connectivity index (χ1) is 17.4. The predicted octanol–water partition coefficient (Wildman–Crippen LogP) is 3.30. The first-order valence-electron chi connectivity index (χ1n) is 12.1. The molecule has 0 unspecified atom stereocenters. The van der Waals surface area contributed by atoms with Gasteiger partial charge in [0.05, 0.1) is 11.7 Å². The zero-order valence-electron chi connectivity index (χ0n) is 20.3. The third-order valence-corrected chi connectivity index (χ3v) is 6.65. The van der Waals surface area contributed by atoms with Gasteiger partial charge in [-0.25, -0.2) is 14.4 Å². The van der Waals surface area contributed by atoms with E-state index < -0.39 is 11.7 Å². The molecule has 10 heteroatoms. The monoisotopic (exact) mass is 489 g/mol. The van der Waals surface area contributed by atoms with Crippen molar-refractivity contribution in [2.24, 2.45) is 7.05 Å². The van der Waals surface area contributed by atoms with Gasteiger partial charge in [-0.3, -0.25) is 14.3 Å². The number of aromatic nitrogens is 5. The van der Waals surface area contributed by atoms with Gasteiger partial charge in [-0.1, -0.05) is 12.8 Å². The van der Waals surface area contributed by atoms with Gasteiger partial charge in [-0.05, 0) is 48.2 Å². The number of nitrogens with zero attached hydrogens (tertiary/aromatic N) is 5. The molecule has 186 valence electrons. The normalized spacial score (nSPS) is 13.9. The molecule has 1 aliphatic rings. The van der Waals surface area contributed by atoms with Gasteiger partial charge in [0, 0.05) is 44.5 Å². The first-order valence-corrected chi connectivity index (χ1v) is 12.1. The molecule has 2 amide bonds. The largest absolute Gasteiger partial charge is 0.358 e. The molecule has 5 rings (SSSR count). The Morgan fingerprint density at radius 3 is 2.69 bits per heavy atom. The Balaban J connectivity index is 1.45. The van der Waals surface area contributed by atoms with Gasteiger partial charge < -0.3 is 15.2 Å². The number of nitrogens with one attached hydrogen (secondary N) is 2. The van der Waals surface area contributed by atoms with Crippen molar-refractivity contribution >= 4 is 22.8 Å². The highest BCUT2D eigenvalue weighted by Gasteiger charge is 2.27. The molecule has 0 bridgehead atoms. The van der Waals surface area contributed by atoms with E-state index in [4.69, 9.17) is 4.98 Å². The quantitative estimate of drug-likeness (QED) is 0.414. The fraction of sp³-hybridized carbons (Fsp3) is 0.346. The van der Waals surface area contributed by atoms with Crippen LogP contribution in [0.3, 0.4) is 0 Å². The van der Waals surface area contributed by atoms with Gasteiger partial charge in [0.1, 0.15) is 23.7 Å². The molecule has 9 nitrogen and oxygen atoms in total. The topological polar surface area (TPSA) is 107 Å². The average Bonchev–Trinajstić information content (AvgIpc) is 3.62. The van der Waals surface area contributed by atoms with Gasteiger partial charge in [-0.15, -0.1) is 0 Å². The van der Waals surface area contributed by atoms with E-state index in [1.165, 1.54) is 12.1 Å². The highest BCUT2D eigenvalue weighted by molar-refractivity contribution is 6.03. The summed E-state index contributed by atoms with van der Waals surface area (Å²) in [6.45, 7) is 0.171. The number of amides is 2. The van der Waals surface area contributed by atoms with Crippen LogP contribution in [0.2, 0.25) is 0 Å². The van der Waals surface area contributed by atoms with Gasteiger partial charge >= 0.3 is 0 Å². The maximum Gasteiger partial charge on any atom is 0.272 e. The Kier molecular flexibility index (Phi) is 6.49. The molecule has 3 heterocycles. The van der Waals surface area contributed by atoms with E-state index in [0.717, 1.165) is 37.1 Å². The summed E-state index contributed by atoms with van der Waals surface area (Å²) < 4.78 is 17.8. The van der Waals surface area contributed by atoms with Crippen LogP contribution in [0, 0.1) is 5.82 Å². The van der Waals surface area contributed by atoms with Crippen LogP contribution in [0.5, 0.6) is 0 Å². The highest BCUT2D eigenvalue weighted by atomic mass is 19.1. The Bertz CT molecular complexity index is 1440. The van der Waals surface area contributed by atoms with E-state index in [1.807, 2.05) is 10.6 Å². The lowest BCUT2D eigenvalue weighted by atomic mass is 10.1. The van der Waals surface area contributed by atoms with Crippen molar-refractivity contribution in [3.63, 3.8) is 0 Å². The van der Waals surface area contributed by atoms with Crippen molar-refractivity contribution < 1.29 is 14.0 Å². The van der Waals surface area contributed by atoms with Crippen LogP contribution in [0.25, 0.3) is 22.2 Å². The molecule has 1 aliphatic carbocycles. The number of halogens is 1. The van der Waals surface area contributed by atoms with Crippen LogP contribution in [-0.4, -0.2) is 43.2 Å². The van der Waals surface area contributed by atoms with Gasteiger partial charge in [0.25, 0.3) is 5.91 Å². The third kappa shape index (κ3) is 4.71. The zero-order valence-corrected chi connectivity index (χ0v) is 20.3. The fourth-order valence-corrected chi connectivity index (χ4v) is 4.90. The summed E-state index contributed by atoms with van der Waals surface area (Å²) in [4.78, 5) is 34.8. The number of rotatable bonds is 7. The van der Waals surface area contributed by atoms with Crippen molar-refractivity contribution in [3.8, 4) is 11.1 Å². The number of aryl methyl sites for hydroxylation is 1. The molecule has 0 radical (unpaired) electrons. The van der Waals surface area contributed by atoms with Gasteiger partial charge in [0.2, 0.25) is 5.91 Å². The molecule has 2 N–H and O–H groups in total. The average molecular weight is 490 g/mol. The van der Waals surface area contributed by atoms with Crippen LogP contribution >= 0.6 is 0 Å².